The molecule has 0 aliphatic heterocycles. The number of hydrogen-bond donors (Lipinski definition) is 1. The molecular weight excluding hydrogens is 325 g/mol. The zero-order valence-corrected chi connectivity index (χ0v) is 13.5. The van der Waals surface area contributed by atoms with Gasteiger partial charge < -0.3 is 5.32 Å². The lowest BCUT2D eigenvalue weighted by atomic mass is 9.69. The van der Waals surface area contributed by atoms with E-state index < -0.39 is 0 Å². The SMILES string of the molecule is CC(C)(C)C1CCC(C(=O)NCCCI)CC1. The van der Waals surface area contributed by atoms with E-state index in [1.165, 1.54) is 12.8 Å². The fourth-order valence-electron chi connectivity index (χ4n) is 2.64. The lowest BCUT2D eigenvalue weighted by molar-refractivity contribution is -0.126. The van der Waals surface area contributed by atoms with E-state index in [9.17, 15) is 4.79 Å². The Morgan fingerprint density at radius 2 is 1.82 bits per heavy atom. The van der Waals surface area contributed by atoms with Gasteiger partial charge in [0.1, 0.15) is 0 Å². The molecule has 0 aromatic heterocycles. The molecule has 1 rings (SSSR count). The maximum absolute atomic E-state index is 11.9. The van der Waals surface area contributed by atoms with Crippen molar-refractivity contribution in [2.24, 2.45) is 17.3 Å². The van der Waals surface area contributed by atoms with Crippen LogP contribution < -0.4 is 5.32 Å². The second-order valence-corrected chi connectivity index (χ2v) is 7.33. The third-order valence-corrected chi connectivity index (χ3v) is 4.70. The lowest BCUT2D eigenvalue weighted by Crippen LogP contribution is -2.35. The van der Waals surface area contributed by atoms with Crippen LogP contribution in [0.4, 0.5) is 0 Å². The molecule has 100 valence electrons. The summed E-state index contributed by atoms with van der Waals surface area (Å²) in [6, 6.07) is 0. The quantitative estimate of drug-likeness (QED) is 0.466. The van der Waals surface area contributed by atoms with Gasteiger partial charge in [0.25, 0.3) is 0 Å². The highest BCUT2D eigenvalue weighted by atomic mass is 127. The predicted molar refractivity (Wildman–Crippen MR) is 81.4 cm³/mol. The minimum Gasteiger partial charge on any atom is -0.356 e. The topological polar surface area (TPSA) is 29.1 Å². The number of carbonyl (C=O) groups excluding carboxylic acids is 1. The molecule has 17 heavy (non-hydrogen) atoms. The van der Waals surface area contributed by atoms with Gasteiger partial charge in [-0.1, -0.05) is 43.4 Å². The van der Waals surface area contributed by atoms with Crippen molar-refractivity contribution in [2.45, 2.75) is 52.9 Å². The highest BCUT2D eigenvalue weighted by Gasteiger charge is 2.32. The summed E-state index contributed by atoms with van der Waals surface area (Å²) >= 11 is 2.35. The van der Waals surface area contributed by atoms with Crippen LogP contribution in [-0.4, -0.2) is 16.9 Å². The van der Waals surface area contributed by atoms with Crippen molar-refractivity contribution in [3.63, 3.8) is 0 Å². The summed E-state index contributed by atoms with van der Waals surface area (Å²) in [6.45, 7) is 7.80. The average molecular weight is 351 g/mol. The number of amides is 1. The van der Waals surface area contributed by atoms with Gasteiger partial charge in [0.05, 0.1) is 0 Å². The van der Waals surface area contributed by atoms with Gasteiger partial charge in [-0.15, -0.1) is 0 Å². The monoisotopic (exact) mass is 351 g/mol. The van der Waals surface area contributed by atoms with Gasteiger partial charge in [-0.25, -0.2) is 0 Å². The second kappa shape index (κ2) is 6.95. The predicted octanol–water partition coefficient (Wildman–Crippen LogP) is 3.78. The van der Waals surface area contributed by atoms with E-state index in [4.69, 9.17) is 0 Å². The van der Waals surface area contributed by atoms with Crippen molar-refractivity contribution < 1.29 is 4.79 Å². The van der Waals surface area contributed by atoms with Crippen LogP contribution in [0.5, 0.6) is 0 Å². The van der Waals surface area contributed by atoms with Crippen molar-refractivity contribution in [1.82, 2.24) is 5.32 Å². The Hall–Kier alpha value is 0.200. The molecule has 0 unspecified atom stereocenters. The van der Waals surface area contributed by atoms with Crippen LogP contribution >= 0.6 is 22.6 Å². The second-order valence-electron chi connectivity index (χ2n) is 6.25. The van der Waals surface area contributed by atoms with Crippen molar-refractivity contribution in [3.05, 3.63) is 0 Å². The molecule has 0 spiro atoms. The molecule has 1 aliphatic carbocycles. The van der Waals surface area contributed by atoms with Gasteiger partial charge in [0.2, 0.25) is 5.91 Å². The first-order valence-electron chi connectivity index (χ1n) is 6.79. The Bertz CT molecular complexity index is 239. The van der Waals surface area contributed by atoms with E-state index >= 15 is 0 Å². The van der Waals surface area contributed by atoms with Crippen molar-refractivity contribution in [1.29, 1.82) is 0 Å². The summed E-state index contributed by atoms with van der Waals surface area (Å²) in [4.78, 5) is 11.9. The Morgan fingerprint density at radius 3 is 2.29 bits per heavy atom. The number of rotatable bonds is 4. The van der Waals surface area contributed by atoms with E-state index in [0.717, 1.165) is 36.2 Å². The zero-order chi connectivity index (χ0) is 12.9. The van der Waals surface area contributed by atoms with Gasteiger partial charge in [0.15, 0.2) is 0 Å². The normalized spacial score (nSPS) is 25.6. The lowest BCUT2D eigenvalue weighted by Gasteiger charge is -2.36. The van der Waals surface area contributed by atoms with Gasteiger partial charge in [-0.2, -0.15) is 0 Å². The molecule has 3 heteroatoms. The van der Waals surface area contributed by atoms with Crippen molar-refractivity contribution in [3.8, 4) is 0 Å². The molecule has 0 radical (unpaired) electrons. The summed E-state index contributed by atoms with van der Waals surface area (Å²) in [5.41, 5.74) is 0.405. The zero-order valence-electron chi connectivity index (χ0n) is 11.4. The first-order chi connectivity index (χ1) is 7.95. The number of alkyl halides is 1. The van der Waals surface area contributed by atoms with Gasteiger partial charge in [-0.05, 0) is 43.4 Å². The van der Waals surface area contributed by atoms with Crippen molar-refractivity contribution in [2.75, 3.05) is 11.0 Å². The van der Waals surface area contributed by atoms with Gasteiger partial charge in [0, 0.05) is 16.9 Å². The maximum Gasteiger partial charge on any atom is 0.223 e. The summed E-state index contributed by atoms with van der Waals surface area (Å²) in [5, 5.41) is 3.06. The van der Waals surface area contributed by atoms with Crippen LogP contribution in [0.15, 0.2) is 0 Å². The largest absolute Gasteiger partial charge is 0.356 e. The van der Waals surface area contributed by atoms with Gasteiger partial charge in [-0.3, -0.25) is 4.79 Å². The van der Waals surface area contributed by atoms with Crippen LogP contribution in [0.2, 0.25) is 0 Å². The molecule has 0 saturated heterocycles. The first kappa shape index (κ1) is 15.3. The highest BCUT2D eigenvalue weighted by Crippen LogP contribution is 2.39. The van der Waals surface area contributed by atoms with E-state index in [0.29, 0.717) is 11.3 Å². The highest BCUT2D eigenvalue weighted by molar-refractivity contribution is 14.1. The third kappa shape index (κ3) is 5.14. The fourth-order valence-corrected chi connectivity index (χ4v) is 3.03. The number of nitrogens with one attached hydrogen (secondary N) is 1. The molecule has 2 nitrogen and oxygen atoms in total. The standard InChI is InChI=1S/C14H26INO/c1-14(2,3)12-7-5-11(6-8-12)13(17)16-10-4-9-15/h11-12H,4-10H2,1-3H3,(H,16,17). The molecule has 0 atom stereocenters. The number of halogens is 1. The van der Waals surface area contributed by atoms with Crippen LogP contribution in [-0.2, 0) is 4.79 Å². The summed E-state index contributed by atoms with van der Waals surface area (Å²) in [5.74, 6) is 1.37. The molecule has 0 bridgehead atoms. The van der Waals surface area contributed by atoms with E-state index in [1.807, 2.05) is 0 Å². The third-order valence-electron chi connectivity index (χ3n) is 3.93. The maximum atomic E-state index is 11.9. The Kier molecular flexibility index (Phi) is 6.24. The minimum absolute atomic E-state index is 0.280. The average Bonchev–Trinajstić information content (AvgIpc) is 2.28. The summed E-state index contributed by atoms with van der Waals surface area (Å²) in [7, 11) is 0. The Labute approximate surface area is 119 Å². The number of hydrogen-bond acceptors (Lipinski definition) is 1. The van der Waals surface area contributed by atoms with E-state index in [-0.39, 0.29) is 5.92 Å². The molecule has 1 aliphatic rings. The Balaban J connectivity index is 2.29. The minimum atomic E-state index is 0.280. The smallest absolute Gasteiger partial charge is 0.223 e. The molecule has 0 aromatic carbocycles. The molecule has 0 aromatic rings. The van der Waals surface area contributed by atoms with E-state index in [2.05, 4.69) is 48.7 Å². The van der Waals surface area contributed by atoms with Crippen LogP contribution in [0, 0.1) is 17.3 Å². The molecule has 1 saturated carbocycles. The first-order valence-corrected chi connectivity index (χ1v) is 8.31. The molecule has 1 N–H and O–H groups in total. The molecule has 1 fully saturated rings. The van der Waals surface area contributed by atoms with E-state index in [1.54, 1.807) is 0 Å². The van der Waals surface area contributed by atoms with Gasteiger partial charge >= 0.3 is 0 Å². The Morgan fingerprint density at radius 1 is 1.24 bits per heavy atom. The van der Waals surface area contributed by atoms with Crippen LogP contribution in [0.1, 0.15) is 52.9 Å². The fraction of sp³-hybridized carbons (Fsp3) is 0.929. The molecular formula is C14H26INO. The summed E-state index contributed by atoms with van der Waals surface area (Å²) < 4.78 is 1.12. The van der Waals surface area contributed by atoms with Crippen molar-refractivity contribution >= 4 is 28.5 Å². The summed E-state index contributed by atoms with van der Waals surface area (Å²) in [6.07, 6.45) is 5.68. The molecule has 1 amide bonds. The van der Waals surface area contributed by atoms with Crippen LogP contribution in [0.3, 0.4) is 0 Å². The number of carbonyl (C=O) groups is 1. The van der Waals surface area contributed by atoms with Crippen LogP contribution in [0.25, 0.3) is 0 Å². The molecule has 0 heterocycles.